The van der Waals surface area contributed by atoms with E-state index >= 15 is 0 Å². The molecule has 112 valence electrons. The topological polar surface area (TPSA) is 15.3 Å². The number of hydrogen-bond donors (Lipinski definition) is 1. The summed E-state index contributed by atoms with van der Waals surface area (Å²) in [5, 5.41) is 3.28. The van der Waals surface area contributed by atoms with Crippen molar-refractivity contribution in [1.82, 2.24) is 5.32 Å². The van der Waals surface area contributed by atoms with Gasteiger partial charge in [0.15, 0.2) is 0 Å². The van der Waals surface area contributed by atoms with Crippen LogP contribution in [0, 0.1) is 5.82 Å². The Morgan fingerprint density at radius 3 is 2.62 bits per heavy atom. The Morgan fingerprint density at radius 1 is 1.19 bits per heavy atom. The van der Waals surface area contributed by atoms with Crippen LogP contribution >= 0.6 is 15.9 Å². The van der Waals surface area contributed by atoms with Crippen molar-refractivity contribution < 1.29 is 4.39 Å². The first kappa shape index (κ1) is 16.0. The van der Waals surface area contributed by atoms with Crippen LogP contribution in [-0.4, -0.2) is 21.1 Å². The third-order valence-corrected chi connectivity index (χ3v) is 4.06. The number of anilines is 1. The molecule has 0 bridgehead atoms. The Hall–Kier alpha value is -1.39. The first-order valence-corrected chi connectivity index (χ1v) is 7.69. The molecule has 0 amide bonds. The van der Waals surface area contributed by atoms with Crippen molar-refractivity contribution in [3.05, 3.63) is 63.9 Å². The van der Waals surface area contributed by atoms with Gasteiger partial charge in [-0.2, -0.15) is 0 Å². The highest BCUT2D eigenvalue weighted by Gasteiger charge is 2.14. The van der Waals surface area contributed by atoms with E-state index in [1.165, 1.54) is 6.07 Å². The SMILES string of the molecule is CNC(Cc1cc(Br)ccc1F)c1cccc(N(C)C)c1. The van der Waals surface area contributed by atoms with Crippen LogP contribution in [-0.2, 0) is 6.42 Å². The summed E-state index contributed by atoms with van der Waals surface area (Å²) in [6.45, 7) is 0. The smallest absolute Gasteiger partial charge is 0.126 e. The van der Waals surface area contributed by atoms with Gasteiger partial charge in [-0.25, -0.2) is 4.39 Å². The van der Waals surface area contributed by atoms with Crippen molar-refractivity contribution in [2.45, 2.75) is 12.5 Å². The number of likely N-dealkylation sites (N-methyl/N-ethyl adjacent to an activating group) is 1. The highest BCUT2D eigenvalue weighted by Crippen LogP contribution is 2.25. The number of nitrogens with zero attached hydrogens (tertiary/aromatic N) is 1. The van der Waals surface area contributed by atoms with Crippen molar-refractivity contribution in [2.75, 3.05) is 26.0 Å². The summed E-state index contributed by atoms with van der Waals surface area (Å²) in [7, 11) is 5.94. The lowest BCUT2D eigenvalue weighted by atomic mass is 9.98. The lowest BCUT2D eigenvalue weighted by Gasteiger charge is -2.20. The Labute approximate surface area is 134 Å². The zero-order valence-corrected chi connectivity index (χ0v) is 14.1. The van der Waals surface area contributed by atoms with Crippen LogP contribution in [0.15, 0.2) is 46.9 Å². The molecular formula is C17H20BrFN2. The first-order valence-electron chi connectivity index (χ1n) is 6.89. The summed E-state index contributed by atoms with van der Waals surface area (Å²) in [6.07, 6.45) is 0.610. The minimum absolute atomic E-state index is 0.0775. The fourth-order valence-electron chi connectivity index (χ4n) is 2.33. The molecule has 1 atom stereocenters. The number of benzene rings is 2. The minimum atomic E-state index is -0.165. The van der Waals surface area contributed by atoms with E-state index in [-0.39, 0.29) is 11.9 Å². The lowest BCUT2D eigenvalue weighted by molar-refractivity contribution is 0.554. The second-order valence-electron chi connectivity index (χ2n) is 5.27. The van der Waals surface area contributed by atoms with Crippen molar-refractivity contribution in [1.29, 1.82) is 0 Å². The van der Waals surface area contributed by atoms with Crippen molar-refractivity contribution >= 4 is 21.6 Å². The summed E-state index contributed by atoms with van der Waals surface area (Å²) in [5.74, 6) is -0.165. The molecular weight excluding hydrogens is 331 g/mol. The summed E-state index contributed by atoms with van der Waals surface area (Å²) >= 11 is 3.40. The molecule has 2 aromatic carbocycles. The summed E-state index contributed by atoms with van der Waals surface area (Å²) in [6, 6.07) is 13.5. The molecule has 1 N–H and O–H groups in total. The van der Waals surface area contributed by atoms with Gasteiger partial charge >= 0.3 is 0 Å². The van der Waals surface area contributed by atoms with Gasteiger partial charge < -0.3 is 10.2 Å². The molecule has 0 saturated heterocycles. The number of hydrogen-bond acceptors (Lipinski definition) is 2. The third-order valence-electron chi connectivity index (χ3n) is 3.57. The maximum absolute atomic E-state index is 13.9. The normalized spacial score (nSPS) is 12.2. The predicted molar refractivity (Wildman–Crippen MR) is 90.4 cm³/mol. The van der Waals surface area contributed by atoms with Crippen molar-refractivity contribution in [3.63, 3.8) is 0 Å². The van der Waals surface area contributed by atoms with Gasteiger partial charge in [0.05, 0.1) is 0 Å². The highest BCUT2D eigenvalue weighted by molar-refractivity contribution is 9.10. The maximum Gasteiger partial charge on any atom is 0.126 e. The second-order valence-corrected chi connectivity index (χ2v) is 6.19. The Morgan fingerprint density at radius 2 is 1.95 bits per heavy atom. The summed E-state index contributed by atoms with van der Waals surface area (Å²) in [4.78, 5) is 2.07. The largest absolute Gasteiger partial charge is 0.378 e. The third kappa shape index (κ3) is 4.05. The molecule has 0 heterocycles. The fraction of sp³-hybridized carbons (Fsp3) is 0.294. The first-order chi connectivity index (χ1) is 10.0. The number of halogens is 2. The van der Waals surface area contributed by atoms with Crippen LogP contribution in [0.2, 0.25) is 0 Å². The molecule has 0 aliphatic rings. The second kappa shape index (κ2) is 7.05. The van der Waals surface area contributed by atoms with Crippen LogP contribution < -0.4 is 10.2 Å². The average molecular weight is 351 g/mol. The van der Waals surface area contributed by atoms with Crippen LogP contribution in [0.4, 0.5) is 10.1 Å². The molecule has 2 rings (SSSR count). The van der Waals surface area contributed by atoms with Gasteiger partial charge in [-0.3, -0.25) is 0 Å². The molecule has 0 spiro atoms. The molecule has 1 unspecified atom stereocenters. The van der Waals surface area contributed by atoms with Gasteiger partial charge in [0.25, 0.3) is 0 Å². The highest BCUT2D eigenvalue weighted by atomic mass is 79.9. The molecule has 0 aromatic heterocycles. The van der Waals surface area contributed by atoms with E-state index in [1.807, 2.05) is 33.3 Å². The Balaban J connectivity index is 2.27. The van der Waals surface area contributed by atoms with Crippen LogP contribution in [0.1, 0.15) is 17.2 Å². The molecule has 0 aliphatic carbocycles. The van der Waals surface area contributed by atoms with Gasteiger partial charge in [-0.1, -0.05) is 28.1 Å². The van der Waals surface area contributed by atoms with Crippen LogP contribution in [0.25, 0.3) is 0 Å². The predicted octanol–water partition coefficient (Wildman–Crippen LogP) is 4.16. The molecule has 21 heavy (non-hydrogen) atoms. The standard InChI is InChI=1S/C17H20BrFN2/c1-20-17(11-13-9-14(18)7-8-16(13)19)12-5-4-6-15(10-12)21(2)3/h4-10,17,20H,11H2,1-3H3. The molecule has 2 nitrogen and oxygen atoms in total. The van der Waals surface area contributed by atoms with Gasteiger partial charge in [0.1, 0.15) is 5.82 Å². The summed E-state index contributed by atoms with van der Waals surface area (Å²) in [5.41, 5.74) is 3.00. The Kier molecular flexibility index (Phi) is 5.37. The van der Waals surface area contributed by atoms with Crippen LogP contribution in [0.3, 0.4) is 0 Å². The zero-order valence-electron chi connectivity index (χ0n) is 12.5. The van der Waals surface area contributed by atoms with Gasteiger partial charge in [0.2, 0.25) is 0 Å². The van der Waals surface area contributed by atoms with E-state index in [0.717, 1.165) is 15.7 Å². The zero-order chi connectivity index (χ0) is 15.4. The molecule has 0 fully saturated rings. The van der Waals surface area contributed by atoms with Crippen molar-refractivity contribution in [3.8, 4) is 0 Å². The molecule has 0 aliphatic heterocycles. The molecule has 2 aromatic rings. The molecule has 0 radical (unpaired) electrons. The van der Waals surface area contributed by atoms with Crippen molar-refractivity contribution in [2.24, 2.45) is 0 Å². The van der Waals surface area contributed by atoms with E-state index in [4.69, 9.17) is 0 Å². The van der Waals surface area contributed by atoms with Gasteiger partial charge in [0, 0.05) is 30.3 Å². The quantitative estimate of drug-likeness (QED) is 0.870. The van der Waals surface area contributed by atoms with Gasteiger partial charge in [-0.05, 0) is 54.9 Å². The molecule has 4 heteroatoms. The molecule has 0 saturated carbocycles. The number of rotatable bonds is 5. The van der Waals surface area contributed by atoms with E-state index in [9.17, 15) is 4.39 Å². The average Bonchev–Trinajstić information content (AvgIpc) is 2.48. The maximum atomic E-state index is 13.9. The van der Waals surface area contributed by atoms with E-state index < -0.39 is 0 Å². The van der Waals surface area contributed by atoms with Crippen LogP contribution in [0.5, 0.6) is 0 Å². The number of nitrogens with one attached hydrogen (secondary N) is 1. The van der Waals surface area contributed by atoms with E-state index in [2.05, 4.69) is 44.3 Å². The monoisotopic (exact) mass is 350 g/mol. The lowest BCUT2D eigenvalue weighted by Crippen LogP contribution is -2.20. The minimum Gasteiger partial charge on any atom is -0.378 e. The van der Waals surface area contributed by atoms with E-state index in [1.54, 1.807) is 6.07 Å². The van der Waals surface area contributed by atoms with E-state index in [0.29, 0.717) is 12.0 Å². The van der Waals surface area contributed by atoms with Gasteiger partial charge in [-0.15, -0.1) is 0 Å². The Bertz CT molecular complexity index is 613. The summed E-state index contributed by atoms with van der Waals surface area (Å²) < 4.78 is 14.8. The fourth-order valence-corrected chi connectivity index (χ4v) is 2.73.